The molecule has 28 heavy (non-hydrogen) atoms. The molecule has 0 atom stereocenters. The third-order valence-electron chi connectivity index (χ3n) is 4.28. The number of ether oxygens (including phenoxy) is 2. The van der Waals surface area contributed by atoms with Crippen molar-refractivity contribution < 1.29 is 19.1 Å². The Hall–Kier alpha value is -2.77. The number of para-hydroxylation sites is 1. The second kappa shape index (κ2) is 8.95. The zero-order chi connectivity index (χ0) is 20.1. The van der Waals surface area contributed by atoms with Crippen molar-refractivity contribution in [2.24, 2.45) is 4.99 Å². The molecule has 0 N–H and O–H groups in total. The quantitative estimate of drug-likeness (QED) is 0.450. The van der Waals surface area contributed by atoms with Gasteiger partial charge in [0, 0.05) is 24.3 Å². The number of hydrogen-bond acceptors (Lipinski definition) is 5. The highest BCUT2D eigenvalue weighted by Gasteiger charge is 2.13. The van der Waals surface area contributed by atoms with E-state index in [4.69, 9.17) is 9.47 Å². The number of carbonyl (C=O) groups is 2. The zero-order valence-electron chi connectivity index (χ0n) is 16.1. The van der Waals surface area contributed by atoms with Crippen LogP contribution in [0.5, 0.6) is 5.75 Å². The maximum Gasteiger partial charge on any atom is 0.279 e. The largest absolute Gasteiger partial charge is 0.495 e. The van der Waals surface area contributed by atoms with Gasteiger partial charge in [-0.25, -0.2) is 0 Å². The fraction of sp³-hybridized carbons (Fsp3) is 0.286. The Morgan fingerprint density at radius 2 is 1.82 bits per heavy atom. The summed E-state index contributed by atoms with van der Waals surface area (Å²) in [6.45, 7) is 5.12. The summed E-state index contributed by atoms with van der Waals surface area (Å²) in [4.78, 5) is 29.0. The molecule has 3 aromatic rings. The van der Waals surface area contributed by atoms with E-state index in [0.717, 1.165) is 16.0 Å². The molecule has 0 aliphatic heterocycles. The normalized spacial score (nSPS) is 11.8. The van der Waals surface area contributed by atoms with E-state index in [9.17, 15) is 9.59 Å². The predicted octanol–water partition coefficient (Wildman–Crippen LogP) is 3.69. The number of rotatable bonds is 7. The number of hydrogen-bond donors (Lipinski definition) is 0. The summed E-state index contributed by atoms with van der Waals surface area (Å²) in [5.74, 6) is 0.331. The van der Waals surface area contributed by atoms with E-state index in [1.54, 1.807) is 31.4 Å². The van der Waals surface area contributed by atoms with Gasteiger partial charge in [0.1, 0.15) is 11.3 Å². The molecule has 7 heteroatoms. The minimum atomic E-state index is -0.356. The first-order valence-corrected chi connectivity index (χ1v) is 9.81. The van der Waals surface area contributed by atoms with E-state index < -0.39 is 0 Å². The molecule has 1 heterocycles. The van der Waals surface area contributed by atoms with Crippen LogP contribution in [0.4, 0.5) is 0 Å². The summed E-state index contributed by atoms with van der Waals surface area (Å²) in [6, 6.07) is 12.3. The van der Waals surface area contributed by atoms with E-state index in [2.05, 4.69) is 4.99 Å². The average Bonchev–Trinajstić information content (AvgIpc) is 3.05. The van der Waals surface area contributed by atoms with Crippen LogP contribution in [0, 0.1) is 0 Å². The topological polar surface area (TPSA) is 69.9 Å². The molecule has 2 aromatic carbocycles. The first-order chi connectivity index (χ1) is 13.5. The molecule has 0 aliphatic rings. The lowest BCUT2D eigenvalue weighted by molar-refractivity contribution is 0.0990. The summed E-state index contributed by atoms with van der Waals surface area (Å²) in [6.07, 6.45) is 0. The van der Waals surface area contributed by atoms with Crippen molar-refractivity contribution in [2.75, 3.05) is 20.3 Å². The summed E-state index contributed by atoms with van der Waals surface area (Å²) >= 11 is 1.43. The predicted molar refractivity (Wildman–Crippen MR) is 109 cm³/mol. The summed E-state index contributed by atoms with van der Waals surface area (Å²) in [5, 5.41) is 0. The van der Waals surface area contributed by atoms with Crippen molar-refractivity contribution in [2.45, 2.75) is 20.4 Å². The Labute approximate surface area is 167 Å². The SMILES string of the molecule is CCOCCn1c(=NC(=O)c2ccc(C(C)=O)cc2)sc2cccc(OC)c21. The molecule has 1 aromatic heterocycles. The highest BCUT2D eigenvalue weighted by atomic mass is 32.1. The number of carbonyl (C=O) groups excluding carboxylic acids is 2. The molecule has 0 bridgehead atoms. The van der Waals surface area contributed by atoms with Gasteiger partial charge in [0.2, 0.25) is 0 Å². The molecule has 0 fully saturated rings. The van der Waals surface area contributed by atoms with Gasteiger partial charge in [0.05, 0.1) is 18.4 Å². The number of benzene rings is 2. The van der Waals surface area contributed by atoms with Crippen molar-refractivity contribution in [3.05, 3.63) is 58.4 Å². The Bertz CT molecular complexity index is 1060. The lowest BCUT2D eigenvalue weighted by Crippen LogP contribution is -2.20. The molecule has 0 aliphatic carbocycles. The van der Waals surface area contributed by atoms with E-state index >= 15 is 0 Å². The molecule has 0 saturated carbocycles. The number of amides is 1. The maximum atomic E-state index is 12.7. The Balaban J connectivity index is 2.06. The van der Waals surface area contributed by atoms with Gasteiger partial charge in [-0.15, -0.1) is 0 Å². The minimum Gasteiger partial charge on any atom is -0.495 e. The smallest absolute Gasteiger partial charge is 0.279 e. The van der Waals surface area contributed by atoms with E-state index in [1.807, 2.05) is 29.7 Å². The summed E-state index contributed by atoms with van der Waals surface area (Å²) in [7, 11) is 1.62. The van der Waals surface area contributed by atoms with Crippen LogP contribution >= 0.6 is 11.3 Å². The monoisotopic (exact) mass is 398 g/mol. The van der Waals surface area contributed by atoms with Gasteiger partial charge in [-0.2, -0.15) is 4.99 Å². The molecular formula is C21H22N2O4S. The van der Waals surface area contributed by atoms with Crippen LogP contribution < -0.4 is 9.54 Å². The van der Waals surface area contributed by atoms with Crippen LogP contribution in [0.15, 0.2) is 47.5 Å². The molecule has 0 spiro atoms. The second-order valence-electron chi connectivity index (χ2n) is 6.09. The van der Waals surface area contributed by atoms with Crippen molar-refractivity contribution >= 4 is 33.2 Å². The summed E-state index contributed by atoms with van der Waals surface area (Å²) < 4.78 is 13.9. The van der Waals surface area contributed by atoms with Gasteiger partial charge >= 0.3 is 0 Å². The minimum absolute atomic E-state index is 0.0405. The van der Waals surface area contributed by atoms with Crippen LogP contribution in [0.1, 0.15) is 34.6 Å². The Morgan fingerprint density at radius 3 is 2.46 bits per heavy atom. The number of methoxy groups -OCH3 is 1. The lowest BCUT2D eigenvalue weighted by Gasteiger charge is -2.08. The zero-order valence-corrected chi connectivity index (χ0v) is 16.9. The summed E-state index contributed by atoms with van der Waals surface area (Å²) in [5.41, 5.74) is 1.90. The van der Waals surface area contributed by atoms with Gasteiger partial charge in [-0.1, -0.05) is 29.5 Å². The first kappa shape index (κ1) is 20.0. The molecule has 0 unspecified atom stereocenters. The van der Waals surface area contributed by atoms with E-state index in [1.165, 1.54) is 18.3 Å². The van der Waals surface area contributed by atoms with Crippen LogP contribution in [0.3, 0.4) is 0 Å². The Morgan fingerprint density at radius 1 is 1.11 bits per heavy atom. The lowest BCUT2D eigenvalue weighted by atomic mass is 10.1. The van der Waals surface area contributed by atoms with Gasteiger partial charge < -0.3 is 14.0 Å². The van der Waals surface area contributed by atoms with Crippen molar-refractivity contribution in [3.8, 4) is 5.75 Å². The molecule has 0 radical (unpaired) electrons. The third kappa shape index (κ3) is 4.21. The fourth-order valence-corrected chi connectivity index (χ4v) is 3.93. The van der Waals surface area contributed by atoms with E-state index in [0.29, 0.717) is 35.7 Å². The van der Waals surface area contributed by atoms with E-state index in [-0.39, 0.29) is 11.7 Å². The molecule has 6 nitrogen and oxygen atoms in total. The number of aromatic nitrogens is 1. The number of fused-ring (bicyclic) bond motifs is 1. The van der Waals surface area contributed by atoms with Crippen LogP contribution in [0.25, 0.3) is 10.2 Å². The molecule has 1 amide bonds. The highest BCUT2D eigenvalue weighted by Crippen LogP contribution is 2.27. The van der Waals surface area contributed by atoms with Crippen LogP contribution in [-0.4, -0.2) is 36.6 Å². The second-order valence-corrected chi connectivity index (χ2v) is 7.10. The highest BCUT2D eigenvalue weighted by molar-refractivity contribution is 7.16. The van der Waals surface area contributed by atoms with Gasteiger partial charge in [0.25, 0.3) is 5.91 Å². The maximum absolute atomic E-state index is 12.7. The van der Waals surface area contributed by atoms with Gasteiger partial charge in [-0.3, -0.25) is 9.59 Å². The molecular weight excluding hydrogens is 376 g/mol. The number of nitrogens with zero attached hydrogens (tertiary/aromatic N) is 2. The number of Topliss-reactive ketones (excluding diaryl/α,β-unsaturated/α-hetero) is 1. The fourth-order valence-electron chi connectivity index (χ4n) is 2.85. The van der Waals surface area contributed by atoms with Crippen molar-refractivity contribution in [3.63, 3.8) is 0 Å². The molecule has 3 rings (SSSR count). The van der Waals surface area contributed by atoms with Crippen molar-refractivity contribution in [1.82, 2.24) is 4.57 Å². The Kier molecular flexibility index (Phi) is 6.38. The van der Waals surface area contributed by atoms with Gasteiger partial charge in [0.15, 0.2) is 10.6 Å². The first-order valence-electron chi connectivity index (χ1n) is 8.99. The van der Waals surface area contributed by atoms with Crippen LogP contribution in [-0.2, 0) is 11.3 Å². The molecule has 146 valence electrons. The number of thiazole rings is 1. The molecule has 0 saturated heterocycles. The van der Waals surface area contributed by atoms with Crippen LogP contribution in [0.2, 0.25) is 0 Å². The standard InChI is InChI=1S/C21H22N2O4S/c1-4-27-13-12-23-19-17(26-3)6-5-7-18(19)28-21(23)22-20(25)16-10-8-15(9-11-16)14(2)24/h5-11H,4,12-13H2,1-3H3. The average molecular weight is 398 g/mol. The van der Waals surface area contributed by atoms with Gasteiger partial charge in [-0.05, 0) is 38.1 Å². The van der Waals surface area contributed by atoms with Crippen molar-refractivity contribution in [1.29, 1.82) is 0 Å². The number of ketones is 1. The third-order valence-corrected chi connectivity index (χ3v) is 5.33.